The average molecular weight is 447 g/mol. The lowest BCUT2D eigenvalue weighted by Gasteiger charge is -2.36. The van der Waals surface area contributed by atoms with Gasteiger partial charge in [-0.1, -0.05) is 27.7 Å². The van der Waals surface area contributed by atoms with Crippen LogP contribution in [0.15, 0.2) is 0 Å². The van der Waals surface area contributed by atoms with Crippen LogP contribution in [-0.4, -0.2) is 75.6 Å². The molecule has 0 aliphatic rings. The number of aliphatic carboxylic acids is 1. The molecular formula is C20H42BN3O7. The number of rotatable bonds is 20. The van der Waals surface area contributed by atoms with E-state index in [1.807, 2.05) is 0 Å². The van der Waals surface area contributed by atoms with Gasteiger partial charge in [-0.25, -0.2) is 4.79 Å². The summed E-state index contributed by atoms with van der Waals surface area (Å²) in [6.45, 7) is 9.72. The maximum atomic E-state index is 11.6. The lowest BCUT2D eigenvalue weighted by atomic mass is 9.91. The molecule has 0 rings (SSSR count). The van der Waals surface area contributed by atoms with Crippen molar-refractivity contribution in [3.63, 3.8) is 0 Å². The number of carboxylic acids is 1. The third kappa shape index (κ3) is 12.9. The summed E-state index contributed by atoms with van der Waals surface area (Å²) < 4.78 is 22.5. The van der Waals surface area contributed by atoms with E-state index in [4.69, 9.17) is 29.7 Å². The predicted octanol–water partition coefficient (Wildman–Crippen LogP) is 1.52. The molecule has 0 aliphatic carbocycles. The highest BCUT2D eigenvalue weighted by molar-refractivity contribution is 6.29. The van der Waals surface area contributed by atoms with E-state index in [1.165, 1.54) is 0 Å². The highest BCUT2D eigenvalue weighted by Crippen LogP contribution is 2.29. The van der Waals surface area contributed by atoms with Crippen LogP contribution in [0.3, 0.4) is 0 Å². The van der Waals surface area contributed by atoms with E-state index in [2.05, 4.69) is 38.2 Å². The maximum Gasteiger partial charge on any atom is 0.398 e. The first-order chi connectivity index (χ1) is 14.8. The minimum Gasteiger partial charge on any atom is -0.480 e. The van der Waals surface area contributed by atoms with Crippen molar-refractivity contribution in [1.82, 2.24) is 10.5 Å². The van der Waals surface area contributed by atoms with Crippen molar-refractivity contribution in [2.75, 3.05) is 39.7 Å². The molecule has 0 aromatic rings. The largest absolute Gasteiger partial charge is 0.480 e. The number of carboxylic acid groups (broad SMARTS) is 1. The highest BCUT2D eigenvalue weighted by Gasteiger charge is 2.31. The van der Waals surface area contributed by atoms with Crippen molar-refractivity contribution in [2.45, 2.75) is 77.4 Å². The Balaban J connectivity index is 4.48. The van der Waals surface area contributed by atoms with Crippen LogP contribution in [0.4, 0.5) is 4.79 Å². The number of carbonyl (C=O) groups is 2. The van der Waals surface area contributed by atoms with Crippen LogP contribution in [0.2, 0.25) is 0 Å². The monoisotopic (exact) mass is 447 g/mol. The Morgan fingerprint density at radius 2 is 1.48 bits per heavy atom. The summed E-state index contributed by atoms with van der Waals surface area (Å²) in [5, 5.41) is 13.9. The van der Waals surface area contributed by atoms with Gasteiger partial charge in [0.1, 0.15) is 6.61 Å². The minimum absolute atomic E-state index is 0.0493. The molecule has 0 unspecified atom stereocenters. The quantitative estimate of drug-likeness (QED) is 0.125. The van der Waals surface area contributed by atoms with Crippen molar-refractivity contribution < 1.29 is 33.6 Å². The molecule has 0 heterocycles. The van der Waals surface area contributed by atoms with Gasteiger partial charge < -0.3 is 40.2 Å². The molecule has 0 spiro atoms. The number of amides is 2. The first kappa shape index (κ1) is 29.6. The molecule has 0 aliphatic heterocycles. The van der Waals surface area contributed by atoms with Crippen molar-refractivity contribution in [2.24, 2.45) is 5.73 Å². The van der Waals surface area contributed by atoms with Gasteiger partial charge in [0, 0.05) is 6.54 Å². The zero-order chi connectivity index (χ0) is 23.6. The van der Waals surface area contributed by atoms with Crippen LogP contribution >= 0.6 is 0 Å². The zero-order valence-electron chi connectivity index (χ0n) is 19.7. The Morgan fingerprint density at radius 3 is 2.00 bits per heavy atom. The summed E-state index contributed by atoms with van der Waals surface area (Å²) in [5.74, 6) is -0.969. The molecule has 0 aromatic carbocycles. The SMILES string of the molecule is CCC(CC)(CCOCC(=O)O)OCCC(CC)(CC)OCCNC(=O)NBOCN. The molecule has 11 heteroatoms. The lowest BCUT2D eigenvalue weighted by molar-refractivity contribution is -0.144. The third-order valence-corrected chi connectivity index (χ3v) is 5.72. The van der Waals surface area contributed by atoms with E-state index in [9.17, 15) is 9.59 Å². The summed E-state index contributed by atoms with van der Waals surface area (Å²) in [6.07, 6.45) is 4.67. The van der Waals surface area contributed by atoms with Crippen LogP contribution in [0.25, 0.3) is 0 Å². The first-order valence-corrected chi connectivity index (χ1v) is 11.2. The Morgan fingerprint density at radius 1 is 0.935 bits per heavy atom. The van der Waals surface area contributed by atoms with Crippen LogP contribution in [0.5, 0.6) is 0 Å². The van der Waals surface area contributed by atoms with Gasteiger partial charge in [0.15, 0.2) is 0 Å². The summed E-state index contributed by atoms with van der Waals surface area (Å²) >= 11 is 0. The van der Waals surface area contributed by atoms with Crippen molar-refractivity contribution >= 4 is 19.6 Å². The number of urea groups is 1. The van der Waals surface area contributed by atoms with Gasteiger partial charge in [-0.15, -0.1) is 0 Å². The molecule has 0 bridgehead atoms. The van der Waals surface area contributed by atoms with Crippen molar-refractivity contribution in [1.29, 1.82) is 0 Å². The number of hydrogen-bond donors (Lipinski definition) is 4. The second-order valence-electron chi connectivity index (χ2n) is 7.37. The molecule has 182 valence electrons. The number of nitrogens with two attached hydrogens (primary N) is 1. The molecule has 0 saturated heterocycles. The van der Waals surface area contributed by atoms with Crippen LogP contribution in [0, 0.1) is 0 Å². The van der Waals surface area contributed by atoms with Gasteiger partial charge in [-0.3, -0.25) is 4.79 Å². The van der Waals surface area contributed by atoms with E-state index >= 15 is 0 Å². The van der Waals surface area contributed by atoms with Crippen LogP contribution < -0.4 is 16.3 Å². The molecule has 0 fully saturated rings. The number of carbonyl (C=O) groups excluding carboxylic acids is 1. The molecule has 0 aromatic heterocycles. The molecule has 0 radical (unpaired) electrons. The van der Waals surface area contributed by atoms with Gasteiger partial charge in [0.05, 0.1) is 37.8 Å². The van der Waals surface area contributed by atoms with Gasteiger partial charge in [-0.2, -0.15) is 0 Å². The maximum absolute atomic E-state index is 11.6. The Bertz CT molecular complexity index is 489. The number of ether oxygens (including phenoxy) is 3. The Kier molecular flexibility index (Phi) is 16.4. The van der Waals surface area contributed by atoms with Crippen LogP contribution in [-0.2, 0) is 23.7 Å². The first-order valence-electron chi connectivity index (χ1n) is 11.2. The summed E-state index contributed by atoms with van der Waals surface area (Å²) in [5.41, 5.74) is 4.53. The molecule has 31 heavy (non-hydrogen) atoms. The van der Waals surface area contributed by atoms with Gasteiger partial charge >= 0.3 is 19.6 Å². The van der Waals surface area contributed by atoms with Gasteiger partial charge in [-0.05, 0) is 38.5 Å². The third-order valence-electron chi connectivity index (χ3n) is 5.72. The Labute approximate surface area is 187 Å². The second kappa shape index (κ2) is 17.2. The fourth-order valence-corrected chi connectivity index (χ4v) is 3.30. The normalized spacial score (nSPS) is 11.9. The summed E-state index contributed by atoms with van der Waals surface area (Å²) in [7, 11) is 0.0618. The predicted molar refractivity (Wildman–Crippen MR) is 120 cm³/mol. The second-order valence-corrected chi connectivity index (χ2v) is 7.37. The van der Waals surface area contributed by atoms with E-state index < -0.39 is 5.97 Å². The van der Waals surface area contributed by atoms with Crippen molar-refractivity contribution in [3.8, 4) is 0 Å². The zero-order valence-corrected chi connectivity index (χ0v) is 19.7. The molecular weight excluding hydrogens is 405 g/mol. The molecule has 10 nitrogen and oxygen atoms in total. The molecule has 2 amide bonds. The van der Waals surface area contributed by atoms with E-state index in [0.29, 0.717) is 32.8 Å². The lowest BCUT2D eigenvalue weighted by Crippen LogP contribution is -2.42. The van der Waals surface area contributed by atoms with E-state index in [0.717, 1.165) is 32.1 Å². The fourth-order valence-electron chi connectivity index (χ4n) is 3.30. The standard InChI is InChI=1S/C20H42BN3O7/c1-5-19(6-2,9-12-28-15-17(25)26)29-13-10-20(7-3,8-4)30-14-11-23-18(27)24-21-31-16-22/h21H,5-16,22H2,1-4H3,(H,25,26)(H2,23,24,27). The van der Waals surface area contributed by atoms with Gasteiger partial charge in [0.2, 0.25) is 0 Å². The average Bonchev–Trinajstić information content (AvgIpc) is 2.77. The fraction of sp³-hybridized carbons (Fsp3) is 0.900. The Hall–Kier alpha value is -1.40. The van der Waals surface area contributed by atoms with E-state index in [-0.39, 0.29) is 38.2 Å². The summed E-state index contributed by atoms with van der Waals surface area (Å²) in [6, 6.07) is -0.334. The molecule has 5 N–H and O–H groups in total. The van der Waals surface area contributed by atoms with Crippen LogP contribution in [0.1, 0.15) is 66.2 Å². The summed E-state index contributed by atoms with van der Waals surface area (Å²) in [4.78, 5) is 22.2. The number of nitrogens with one attached hydrogen (secondary N) is 2. The topological polar surface area (TPSA) is 141 Å². The highest BCUT2D eigenvalue weighted by atomic mass is 16.5. The van der Waals surface area contributed by atoms with Gasteiger partial charge in [0.25, 0.3) is 0 Å². The van der Waals surface area contributed by atoms with Crippen molar-refractivity contribution in [3.05, 3.63) is 0 Å². The molecule has 0 saturated carbocycles. The minimum atomic E-state index is -0.969. The smallest absolute Gasteiger partial charge is 0.398 e. The number of hydrogen-bond acceptors (Lipinski definition) is 7. The molecule has 0 atom stereocenters. The van der Waals surface area contributed by atoms with E-state index in [1.54, 1.807) is 0 Å².